The summed E-state index contributed by atoms with van der Waals surface area (Å²) in [4.78, 5) is 17.4. The lowest BCUT2D eigenvalue weighted by molar-refractivity contribution is 0.0957. The zero-order valence-electron chi connectivity index (χ0n) is 7.75. The molecule has 74 valence electrons. The second-order valence-electron chi connectivity index (χ2n) is 3.20. The van der Waals surface area contributed by atoms with Crippen LogP contribution in [0, 0.1) is 0 Å². The Balaban J connectivity index is 2.54. The number of hydrogen-bond donors (Lipinski definition) is 1. The van der Waals surface area contributed by atoms with Gasteiger partial charge in [0.15, 0.2) is 0 Å². The summed E-state index contributed by atoms with van der Waals surface area (Å²) in [5.74, 6) is -0.0893. The SMILES string of the molecule is CN1CCNC(=O)c2cnc(Cl)cc21. The van der Waals surface area contributed by atoms with E-state index in [0.29, 0.717) is 17.3 Å². The summed E-state index contributed by atoms with van der Waals surface area (Å²) < 4.78 is 0. The number of likely N-dealkylation sites (N-methyl/N-ethyl adjacent to an activating group) is 1. The van der Waals surface area contributed by atoms with Crippen LogP contribution in [0.25, 0.3) is 0 Å². The number of carbonyl (C=O) groups is 1. The number of halogens is 1. The van der Waals surface area contributed by atoms with Gasteiger partial charge in [-0.15, -0.1) is 0 Å². The van der Waals surface area contributed by atoms with E-state index in [4.69, 9.17) is 11.6 Å². The van der Waals surface area contributed by atoms with Crippen molar-refractivity contribution in [1.82, 2.24) is 10.3 Å². The molecule has 0 atom stereocenters. The molecule has 1 amide bonds. The first-order valence-corrected chi connectivity index (χ1v) is 4.71. The second-order valence-corrected chi connectivity index (χ2v) is 3.59. The maximum Gasteiger partial charge on any atom is 0.255 e. The minimum absolute atomic E-state index is 0.0893. The Kier molecular flexibility index (Phi) is 2.29. The first kappa shape index (κ1) is 9.27. The molecule has 1 aliphatic rings. The van der Waals surface area contributed by atoms with E-state index in [1.165, 1.54) is 6.20 Å². The number of hydrogen-bond acceptors (Lipinski definition) is 3. The van der Waals surface area contributed by atoms with Crippen molar-refractivity contribution < 1.29 is 4.79 Å². The minimum atomic E-state index is -0.0893. The number of pyridine rings is 1. The molecular weight excluding hydrogens is 202 g/mol. The quantitative estimate of drug-likeness (QED) is 0.649. The molecule has 0 aliphatic carbocycles. The predicted octanol–water partition coefficient (Wildman–Crippen LogP) is 0.915. The highest BCUT2D eigenvalue weighted by Gasteiger charge is 2.18. The van der Waals surface area contributed by atoms with Crippen molar-refractivity contribution in [3.63, 3.8) is 0 Å². The molecule has 0 fully saturated rings. The maximum atomic E-state index is 11.5. The zero-order chi connectivity index (χ0) is 10.1. The topological polar surface area (TPSA) is 45.2 Å². The Hall–Kier alpha value is -1.29. The average molecular weight is 212 g/mol. The number of amides is 1. The van der Waals surface area contributed by atoms with Crippen LogP contribution in [-0.2, 0) is 0 Å². The molecule has 0 spiro atoms. The average Bonchev–Trinajstić information content (AvgIpc) is 2.28. The van der Waals surface area contributed by atoms with Crippen molar-refractivity contribution in [1.29, 1.82) is 0 Å². The molecular formula is C9H10ClN3O. The molecule has 0 radical (unpaired) electrons. The van der Waals surface area contributed by atoms with Gasteiger partial charge in [-0.2, -0.15) is 0 Å². The van der Waals surface area contributed by atoms with Crippen molar-refractivity contribution in [3.8, 4) is 0 Å². The van der Waals surface area contributed by atoms with E-state index in [2.05, 4.69) is 10.3 Å². The van der Waals surface area contributed by atoms with Gasteiger partial charge in [0.1, 0.15) is 5.15 Å². The Labute approximate surface area is 86.9 Å². The van der Waals surface area contributed by atoms with Gasteiger partial charge in [0.25, 0.3) is 5.91 Å². The molecule has 0 bridgehead atoms. The van der Waals surface area contributed by atoms with Crippen LogP contribution in [-0.4, -0.2) is 31.0 Å². The van der Waals surface area contributed by atoms with Crippen molar-refractivity contribution in [2.24, 2.45) is 0 Å². The highest BCUT2D eigenvalue weighted by molar-refractivity contribution is 6.29. The normalized spacial score (nSPS) is 15.9. The van der Waals surface area contributed by atoms with Crippen LogP contribution in [0.2, 0.25) is 5.15 Å². The number of rotatable bonds is 0. The summed E-state index contributed by atoms with van der Waals surface area (Å²) in [6, 6.07) is 1.71. The Morgan fingerprint density at radius 2 is 2.43 bits per heavy atom. The smallest absolute Gasteiger partial charge is 0.255 e. The van der Waals surface area contributed by atoms with Gasteiger partial charge in [-0.1, -0.05) is 11.6 Å². The van der Waals surface area contributed by atoms with Gasteiger partial charge in [0, 0.05) is 26.3 Å². The largest absolute Gasteiger partial charge is 0.372 e. The number of anilines is 1. The third-order valence-electron chi connectivity index (χ3n) is 2.24. The highest BCUT2D eigenvalue weighted by atomic mass is 35.5. The molecule has 4 nitrogen and oxygen atoms in total. The summed E-state index contributed by atoms with van der Waals surface area (Å²) in [6.07, 6.45) is 1.51. The van der Waals surface area contributed by atoms with Gasteiger partial charge >= 0.3 is 0 Å². The van der Waals surface area contributed by atoms with Crippen molar-refractivity contribution >= 4 is 23.2 Å². The highest BCUT2D eigenvalue weighted by Crippen LogP contribution is 2.23. The summed E-state index contributed by atoms with van der Waals surface area (Å²) in [6.45, 7) is 1.42. The van der Waals surface area contributed by atoms with Gasteiger partial charge in [-0.25, -0.2) is 4.98 Å². The first-order chi connectivity index (χ1) is 6.68. The van der Waals surface area contributed by atoms with Crippen LogP contribution in [0.15, 0.2) is 12.3 Å². The van der Waals surface area contributed by atoms with E-state index >= 15 is 0 Å². The molecule has 1 N–H and O–H groups in total. The summed E-state index contributed by atoms with van der Waals surface area (Å²) in [5, 5.41) is 3.19. The number of aromatic nitrogens is 1. The summed E-state index contributed by atoms with van der Waals surface area (Å²) in [5.41, 5.74) is 1.41. The Bertz CT molecular complexity index is 380. The number of nitrogens with one attached hydrogen (secondary N) is 1. The molecule has 1 aromatic heterocycles. The van der Waals surface area contributed by atoms with Crippen LogP contribution >= 0.6 is 11.6 Å². The Morgan fingerprint density at radius 3 is 3.21 bits per heavy atom. The predicted molar refractivity (Wildman–Crippen MR) is 54.9 cm³/mol. The van der Waals surface area contributed by atoms with Crippen LogP contribution in [0.3, 0.4) is 0 Å². The number of fused-ring (bicyclic) bond motifs is 1. The monoisotopic (exact) mass is 211 g/mol. The van der Waals surface area contributed by atoms with Crippen molar-refractivity contribution in [2.45, 2.75) is 0 Å². The van der Waals surface area contributed by atoms with E-state index in [1.807, 2.05) is 11.9 Å². The first-order valence-electron chi connectivity index (χ1n) is 4.33. The van der Waals surface area contributed by atoms with Crippen LogP contribution < -0.4 is 10.2 Å². The Morgan fingerprint density at radius 1 is 1.64 bits per heavy atom. The molecule has 0 aromatic carbocycles. The fraction of sp³-hybridized carbons (Fsp3) is 0.333. The van der Waals surface area contributed by atoms with Crippen molar-refractivity contribution in [2.75, 3.05) is 25.0 Å². The van der Waals surface area contributed by atoms with E-state index in [-0.39, 0.29) is 5.91 Å². The maximum absolute atomic E-state index is 11.5. The molecule has 0 unspecified atom stereocenters. The fourth-order valence-electron chi connectivity index (χ4n) is 1.46. The van der Waals surface area contributed by atoms with Crippen LogP contribution in [0.5, 0.6) is 0 Å². The van der Waals surface area contributed by atoms with Crippen LogP contribution in [0.1, 0.15) is 10.4 Å². The fourth-order valence-corrected chi connectivity index (χ4v) is 1.62. The van der Waals surface area contributed by atoms with Crippen molar-refractivity contribution in [3.05, 3.63) is 23.0 Å². The zero-order valence-corrected chi connectivity index (χ0v) is 8.51. The molecule has 1 aromatic rings. The molecule has 2 heterocycles. The van der Waals surface area contributed by atoms with Gasteiger partial charge < -0.3 is 10.2 Å². The number of carbonyl (C=O) groups excluding carboxylic acids is 1. The van der Waals surface area contributed by atoms with Gasteiger partial charge in [0.05, 0.1) is 11.3 Å². The third kappa shape index (κ3) is 1.53. The number of nitrogens with zero attached hydrogens (tertiary/aromatic N) is 2. The van der Waals surface area contributed by atoms with E-state index < -0.39 is 0 Å². The molecule has 14 heavy (non-hydrogen) atoms. The molecule has 1 aliphatic heterocycles. The minimum Gasteiger partial charge on any atom is -0.372 e. The molecule has 0 saturated carbocycles. The molecule has 0 saturated heterocycles. The van der Waals surface area contributed by atoms with E-state index in [9.17, 15) is 4.79 Å². The van der Waals surface area contributed by atoms with E-state index in [1.54, 1.807) is 6.07 Å². The molecule has 5 heteroatoms. The summed E-state index contributed by atoms with van der Waals surface area (Å²) in [7, 11) is 1.93. The third-order valence-corrected chi connectivity index (χ3v) is 2.44. The van der Waals surface area contributed by atoms with Gasteiger partial charge in [-0.3, -0.25) is 4.79 Å². The molecule has 2 rings (SSSR count). The van der Waals surface area contributed by atoms with Gasteiger partial charge in [-0.05, 0) is 6.07 Å². The lowest BCUT2D eigenvalue weighted by Gasteiger charge is -2.17. The second kappa shape index (κ2) is 3.46. The van der Waals surface area contributed by atoms with Crippen LogP contribution in [0.4, 0.5) is 5.69 Å². The van der Waals surface area contributed by atoms with Gasteiger partial charge in [0.2, 0.25) is 0 Å². The summed E-state index contributed by atoms with van der Waals surface area (Å²) >= 11 is 5.77. The lowest BCUT2D eigenvalue weighted by Crippen LogP contribution is -2.27. The lowest BCUT2D eigenvalue weighted by atomic mass is 10.2. The standard InChI is InChI=1S/C9H10ClN3O/c1-13-3-2-11-9(14)6-5-12-8(10)4-7(6)13/h4-5H,2-3H2,1H3,(H,11,14). The van der Waals surface area contributed by atoms with E-state index in [0.717, 1.165) is 12.2 Å².